The van der Waals surface area contributed by atoms with Gasteiger partial charge in [0.15, 0.2) is 5.96 Å². The minimum absolute atomic E-state index is 0. The van der Waals surface area contributed by atoms with E-state index in [0.29, 0.717) is 31.5 Å². The summed E-state index contributed by atoms with van der Waals surface area (Å²) in [6.07, 6.45) is 2.42. The zero-order valence-corrected chi connectivity index (χ0v) is 21.5. The van der Waals surface area contributed by atoms with Gasteiger partial charge in [-0.2, -0.15) is 0 Å². The lowest BCUT2D eigenvalue weighted by atomic mass is 10.1. The molecule has 0 amide bonds. The fourth-order valence-electron chi connectivity index (χ4n) is 3.84. The van der Waals surface area contributed by atoms with E-state index in [1.54, 1.807) is 7.11 Å². The molecule has 0 saturated carbocycles. The van der Waals surface area contributed by atoms with Gasteiger partial charge in [0, 0.05) is 6.07 Å². The van der Waals surface area contributed by atoms with Gasteiger partial charge in [0.25, 0.3) is 0 Å². The number of methoxy groups -OCH3 is 1. The third kappa shape index (κ3) is 7.16. The number of nitrogens with zero attached hydrogens (tertiary/aromatic N) is 2. The molecule has 0 radical (unpaired) electrons. The molecule has 3 rings (SSSR count). The first-order valence-corrected chi connectivity index (χ1v) is 11.0. The van der Waals surface area contributed by atoms with Crippen LogP contribution in [0.2, 0.25) is 0 Å². The molecular formula is C24H35IN4O3. The first-order chi connectivity index (χ1) is 15.1. The van der Waals surface area contributed by atoms with E-state index in [0.717, 1.165) is 30.3 Å². The van der Waals surface area contributed by atoms with Crippen molar-refractivity contribution in [3.8, 4) is 17.2 Å². The second-order valence-electron chi connectivity index (χ2n) is 7.41. The Morgan fingerprint density at radius 1 is 1.06 bits per heavy atom. The van der Waals surface area contributed by atoms with Crippen molar-refractivity contribution in [2.24, 2.45) is 10.7 Å². The summed E-state index contributed by atoms with van der Waals surface area (Å²) >= 11 is 0. The second kappa shape index (κ2) is 13.4. The number of anilines is 1. The highest BCUT2D eigenvalue weighted by Gasteiger charge is 2.23. The first-order valence-electron chi connectivity index (χ1n) is 11.0. The maximum Gasteiger partial charge on any atom is 0.193 e. The Morgan fingerprint density at radius 3 is 2.50 bits per heavy atom. The van der Waals surface area contributed by atoms with Crippen LogP contribution in [0.25, 0.3) is 0 Å². The van der Waals surface area contributed by atoms with E-state index in [4.69, 9.17) is 19.9 Å². The third-order valence-electron chi connectivity index (χ3n) is 5.32. The second-order valence-corrected chi connectivity index (χ2v) is 7.41. The Bertz CT molecular complexity index is 872. The van der Waals surface area contributed by atoms with E-state index in [1.807, 2.05) is 44.2 Å². The van der Waals surface area contributed by atoms with Crippen LogP contribution in [-0.4, -0.2) is 50.8 Å². The number of likely N-dealkylation sites (tertiary alicyclic amines) is 1. The first kappa shape index (κ1) is 26.1. The highest BCUT2D eigenvalue weighted by Crippen LogP contribution is 2.30. The highest BCUT2D eigenvalue weighted by atomic mass is 127. The van der Waals surface area contributed by atoms with Crippen LogP contribution >= 0.6 is 24.0 Å². The van der Waals surface area contributed by atoms with Crippen LogP contribution in [0.15, 0.2) is 47.5 Å². The Balaban J connectivity index is 0.00000363. The molecule has 3 N–H and O–H groups in total. The number of guanidine groups is 1. The molecule has 0 bridgehead atoms. The van der Waals surface area contributed by atoms with Crippen LogP contribution in [0.4, 0.5) is 5.69 Å². The summed E-state index contributed by atoms with van der Waals surface area (Å²) in [4.78, 5) is 7.14. The number of nitrogens with one attached hydrogen (secondary N) is 1. The van der Waals surface area contributed by atoms with Crippen molar-refractivity contribution in [3.05, 3.63) is 48.0 Å². The largest absolute Gasteiger partial charge is 0.497 e. The number of hydrogen-bond donors (Lipinski definition) is 2. The lowest BCUT2D eigenvalue weighted by Crippen LogP contribution is -2.30. The summed E-state index contributed by atoms with van der Waals surface area (Å²) in [5.74, 6) is 2.67. The number of benzene rings is 2. The van der Waals surface area contributed by atoms with Crippen LogP contribution in [-0.2, 0) is 0 Å². The van der Waals surface area contributed by atoms with Crippen LogP contribution in [0.3, 0.4) is 0 Å². The maximum absolute atomic E-state index is 6.28. The molecule has 2 aromatic rings. The average molecular weight is 554 g/mol. The minimum Gasteiger partial charge on any atom is -0.497 e. The van der Waals surface area contributed by atoms with Gasteiger partial charge in [-0.15, -0.1) is 24.0 Å². The molecule has 0 aromatic heterocycles. The Kier molecular flexibility index (Phi) is 10.9. The van der Waals surface area contributed by atoms with Crippen LogP contribution < -0.4 is 25.3 Å². The maximum atomic E-state index is 6.28. The van der Waals surface area contributed by atoms with Gasteiger partial charge in [-0.25, -0.2) is 0 Å². The van der Waals surface area contributed by atoms with E-state index in [1.165, 1.54) is 18.4 Å². The van der Waals surface area contributed by atoms with Gasteiger partial charge in [0.05, 0.1) is 38.6 Å². The lowest BCUT2D eigenvalue weighted by Gasteiger charge is -2.27. The zero-order chi connectivity index (χ0) is 22.1. The van der Waals surface area contributed by atoms with Crippen LogP contribution in [0.5, 0.6) is 17.2 Å². The molecule has 1 heterocycles. The van der Waals surface area contributed by atoms with E-state index in [2.05, 4.69) is 27.3 Å². The zero-order valence-electron chi connectivity index (χ0n) is 19.2. The molecule has 176 valence electrons. The van der Waals surface area contributed by atoms with E-state index in [-0.39, 0.29) is 30.0 Å². The molecule has 0 spiro atoms. The van der Waals surface area contributed by atoms with E-state index in [9.17, 15) is 0 Å². The Labute approximate surface area is 208 Å². The molecule has 0 aliphatic carbocycles. The molecule has 1 saturated heterocycles. The summed E-state index contributed by atoms with van der Waals surface area (Å²) in [7, 11) is 1.69. The van der Waals surface area contributed by atoms with Crippen LogP contribution in [0.1, 0.15) is 38.3 Å². The fraction of sp³-hybridized carbons (Fsp3) is 0.458. The molecule has 1 fully saturated rings. The lowest BCUT2D eigenvalue weighted by molar-refractivity contribution is 0.251. The minimum atomic E-state index is 0. The summed E-state index contributed by atoms with van der Waals surface area (Å²) in [5.41, 5.74) is 8.21. The predicted molar refractivity (Wildman–Crippen MR) is 141 cm³/mol. The third-order valence-corrected chi connectivity index (χ3v) is 5.32. The quantitative estimate of drug-likeness (QED) is 0.252. The molecule has 1 unspecified atom stereocenters. The van der Waals surface area contributed by atoms with Gasteiger partial charge in [0.2, 0.25) is 0 Å². The van der Waals surface area contributed by atoms with Crippen molar-refractivity contribution in [2.45, 2.75) is 32.7 Å². The van der Waals surface area contributed by atoms with Crippen LogP contribution in [0, 0.1) is 0 Å². The number of aliphatic imine (C=N–C) groups is 1. The Morgan fingerprint density at radius 2 is 1.81 bits per heavy atom. The number of hydrogen-bond acceptors (Lipinski definition) is 5. The number of ether oxygens (including phenoxy) is 3. The topological polar surface area (TPSA) is 81.3 Å². The van der Waals surface area contributed by atoms with Gasteiger partial charge in [0.1, 0.15) is 17.2 Å². The van der Waals surface area contributed by atoms with E-state index < -0.39 is 0 Å². The predicted octanol–water partition coefficient (Wildman–Crippen LogP) is 4.67. The normalized spacial score (nSPS) is 15.0. The standard InChI is InChI=1S/C24H34N4O3.HI/c1-4-30-20-11-12-23(31-5-2)21(16-20)27-24(25)26-17-22(28-13-6-7-14-28)18-9-8-10-19(15-18)29-3;/h8-12,15-16,22H,4-7,13-14,17H2,1-3H3,(H3,25,26,27);1H. The summed E-state index contributed by atoms with van der Waals surface area (Å²) in [6, 6.07) is 14.0. The number of nitrogens with two attached hydrogens (primary N) is 1. The molecule has 8 heteroatoms. The molecule has 1 aliphatic rings. The number of rotatable bonds is 10. The monoisotopic (exact) mass is 554 g/mol. The summed E-state index contributed by atoms with van der Waals surface area (Å²) in [6.45, 7) is 7.75. The van der Waals surface area contributed by atoms with Gasteiger partial charge >= 0.3 is 0 Å². The van der Waals surface area contributed by atoms with Gasteiger partial charge in [-0.1, -0.05) is 12.1 Å². The molecule has 7 nitrogen and oxygen atoms in total. The SMILES string of the molecule is CCOc1ccc(OCC)c(NC(N)=NCC(c2cccc(OC)c2)N2CCCC2)c1.I. The van der Waals surface area contributed by atoms with Gasteiger partial charge in [-0.3, -0.25) is 9.89 Å². The molecule has 1 atom stereocenters. The van der Waals surface area contributed by atoms with Gasteiger partial charge in [-0.05, 0) is 69.6 Å². The van der Waals surface area contributed by atoms with E-state index >= 15 is 0 Å². The van der Waals surface area contributed by atoms with Crippen molar-refractivity contribution in [3.63, 3.8) is 0 Å². The molecule has 1 aliphatic heterocycles. The van der Waals surface area contributed by atoms with Gasteiger partial charge < -0.3 is 25.3 Å². The molecule has 2 aromatic carbocycles. The molecular weight excluding hydrogens is 519 g/mol. The number of halogens is 1. The van der Waals surface area contributed by atoms with Crippen molar-refractivity contribution in [2.75, 3.05) is 45.3 Å². The smallest absolute Gasteiger partial charge is 0.193 e. The summed E-state index contributed by atoms with van der Waals surface area (Å²) in [5, 5.41) is 3.19. The molecule has 32 heavy (non-hydrogen) atoms. The van der Waals surface area contributed by atoms with Crippen molar-refractivity contribution in [1.29, 1.82) is 0 Å². The fourth-order valence-corrected chi connectivity index (χ4v) is 3.84. The average Bonchev–Trinajstić information content (AvgIpc) is 3.31. The summed E-state index contributed by atoms with van der Waals surface area (Å²) < 4.78 is 16.8. The Hall–Kier alpha value is -2.20. The van der Waals surface area contributed by atoms with Crippen molar-refractivity contribution >= 4 is 35.6 Å². The van der Waals surface area contributed by atoms with Crippen molar-refractivity contribution < 1.29 is 14.2 Å². The highest BCUT2D eigenvalue weighted by molar-refractivity contribution is 14.0. The van der Waals surface area contributed by atoms with Crippen molar-refractivity contribution in [1.82, 2.24) is 4.90 Å².